The lowest BCUT2D eigenvalue weighted by Crippen LogP contribution is -2.25. The molecule has 0 amide bonds. The largest absolute Gasteiger partial charge is 0.248 e. The molecule has 4 heteroatoms. The zero-order chi connectivity index (χ0) is 8.32. The minimum absolute atomic E-state index is 0.0762. The lowest BCUT2D eigenvalue weighted by atomic mass is 9.87. The Labute approximate surface area is 63.9 Å². The molecule has 64 valence electrons. The van der Waals surface area contributed by atoms with Crippen molar-refractivity contribution in [1.29, 1.82) is 0 Å². The highest BCUT2D eigenvalue weighted by Crippen LogP contribution is 2.35. The number of nitroso groups, excluding NO2 is 1. The second-order valence-electron chi connectivity index (χ2n) is 3.11. The Morgan fingerprint density at radius 2 is 1.91 bits per heavy atom. The van der Waals surface area contributed by atoms with Crippen LogP contribution in [0.5, 0.6) is 0 Å². The Bertz CT molecular complexity index is 139. The first-order valence-corrected chi connectivity index (χ1v) is 3.81. The van der Waals surface area contributed by atoms with Crippen molar-refractivity contribution in [3.8, 4) is 0 Å². The summed E-state index contributed by atoms with van der Waals surface area (Å²) in [4.78, 5) is 9.80. The number of hydrogen-bond donors (Lipinski definition) is 0. The van der Waals surface area contributed by atoms with Gasteiger partial charge in [-0.15, -0.1) is 0 Å². The summed E-state index contributed by atoms with van der Waals surface area (Å²) in [5.74, 6) is -2.38. The predicted molar refractivity (Wildman–Crippen MR) is 37.6 cm³/mol. The molecule has 0 radical (unpaired) electrons. The van der Waals surface area contributed by atoms with E-state index in [-0.39, 0.29) is 25.3 Å². The van der Waals surface area contributed by atoms with E-state index in [1.807, 2.05) is 0 Å². The van der Waals surface area contributed by atoms with E-state index >= 15 is 0 Å². The summed E-state index contributed by atoms with van der Waals surface area (Å²) >= 11 is 0. The van der Waals surface area contributed by atoms with E-state index in [9.17, 15) is 13.7 Å². The van der Waals surface area contributed by atoms with Crippen LogP contribution >= 0.6 is 0 Å². The number of halogens is 2. The Hall–Kier alpha value is -0.540. The van der Waals surface area contributed by atoms with E-state index < -0.39 is 5.92 Å². The molecule has 0 aliphatic heterocycles. The fourth-order valence-corrected chi connectivity index (χ4v) is 1.39. The van der Waals surface area contributed by atoms with Crippen molar-refractivity contribution in [2.75, 3.05) is 6.54 Å². The molecule has 0 heterocycles. The minimum atomic E-state index is -2.49. The highest BCUT2D eigenvalue weighted by atomic mass is 19.3. The summed E-state index contributed by atoms with van der Waals surface area (Å²) < 4.78 is 25.0. The van der Waals surface area contributed by atoms with Crippen molar-refractivity contribution in [3.05, 3.63) is 4.91 Å². The smallest absolute Gasteiger partial charge is 0.207 e. The maximum absolute atomic E-state index is 12.5. The van der Waals surface area contributed by atoms with E-state index in [0.29, 0.717) is 12.8 Å². The van der Waals surface area contributed by atoms with Crippen molar-refractivity contribution in [3.63, 3.8) is 0 Å². The van der Waals surface area contributed by atoms with Gasteiger partial charge in [0.2, 0.25) is 5.92 Å². The monoisotopic (exact) mass is 163 g/mol. The summed E-state index contributed by atoms with van der Waals surface area (Å²) in [7, 11) is 0. The van der Waals surface area contributed by atoms with Crippen LogP contribution in [-0.2, 0) is 0 Å². The van der Waals surface area contributed by atoms with Crippen LogP contribution in [0, 0.1) is 10.8 Å². The molecule has 1 aliphatic carbocycles. The van der Waals surface area contributed by atoms with Crippen LogP contribution in [0.25, 0.3) is 0 Å². The number of hydrogen-bond acceptors (Lipinski definition) is 2. The van der Waals surface area contributed by atoms with Gasteiger partial charge in [0, 0.05) is 12.8 Å². The molecule has 0 aromatic heterocycles. The third kappa shape index (κ3) is 2.52. The molecule has 2 nitrogen and oxygen atoms in total. The Kier molecular flexibility index (Phi) is 2.52. The lowest BCUT2D eigenvalue weighted by molar-refractivity contribution is -0.0447. The van der Waals surface area contributed by atoms with Gasteiger partial charge >= 0.3 is 0 Å². The van der Waals surface area contributed by atoms with Crippen LogP contribution in [0.15, 0.2) is 5.18 Å². The van der Waals surface area contributed by atoms with Gasteiger partial charge in [-0.1, -0.05) is 5.18 Å². The van der Waals surface area contributed by atoms with E-state index in [4.69, 9.17) is 0 Å². The second kappa shape index (κ2) is 3.24. The highest BCUT2D eigenvalue weighted by Gasteiger charge is 2.34. The van der Waals surface area contributed by atoms with Crippen molar-refractivity contribution in [2.45, 2.75) is 31.6 Å². The number of alkyl halides is 2. The Balaban J connectivity index is 2.30. The topological polar surface area (TPSA) is 29.4 Å². The molecule has 0 aromatic rings. The van der Waals surface area contributed by atoms with Gasteiger partial charge < -0.3 is 0 Å². The first-order chi connectivity index (χ1) is 5.14. The average molecular weight is 163 g/mol. The van der Waals surface area contributed by atoms with Crippen LogP contribution in [0.1, 0.15) is 25.7 Å². The summed E-state index contributed by atoms with van der Waals surface area (Å²) in [6.07, 6.45) is 0.734. The van der Waals surface area contributed by atoms with Gasteiger partial charge in [-0.25, -0.2) is 8.78 Å². The SMILES string of the molecule is O=NCC1CCC(F)(F)CC1. The van der Waals surface area contributed by atoms with E-state index in [1.54, 1.807) is 0 Å². The maximum Gasteiger partial charge on any atom is 0.248 e. The Morgan fingerprint density at radius 1 is 1.36 bits per heavy atom. The average Bonchev–Trinajstić information content (AvgIpc) is 1.94. The van der Waals surface area contributed by atoms with Gasteiger partial charge in [0.1, 0.15) is 0 Å². The third-order valence-electron chi connectivity index (χ3n) is 2.17. The quantitative estimate of drug-likeness (QED) is 0.575. The zero-order valence-electron chi connectivity index (χ0n) is 6.22. The first kappa shape index (κ1) is 8.56. The first-order valence-electron chi connectivity index (χ1n) is 3.81. The Morgan fingerprint density at radius 3 is 2.36 bits per heavy atom. The fraction of sp³-hybridized carbons (Fsp3) is 1.00. The van der Waals surface area contributed by atoms with Crippen molar-refractivity contribution >= 4 is 0 Å². The van der Waals surface area contributed by atoms with Crippen LogP contribution < -0.4 is 0 Å². The minimum Gasteiger partial charge on any atom is -0.207 e. The molecule has 0 unspecified atom stereocenters. The van der Waals surface area contributed by atoms with Gasteiger partial charge in [-0.3, -0.25) is 0 Å². The predicted octanol–water partition coefficient (Wildman–Crippen LogP) is 2.58. The molecular weight excluding hydrogens is 152 g/mol. The van der Waals surface area contributed by atoms with Gasteiger partial charge in [0.25, 0.3) is 0 Å². The van der Waals surface area contributed by atoms with Gasteiger partial charge in [-0.2, -0.15) is 4.91 Å². The lowest BCUT2D eigenvalue weighted by Gasteiger charge is -2.26. The number of rotatable bonds is 2. The van der Waals surface area contributed by atoms with Gasteiger partial charge in [0.05, 0.1) is 6.54 Å². The second-order valence-corrected chi connectivity index (χ2v) is 3.11. The third-order valence-corrected chi connectivity index (χ3v) is 2.17. The van der Waals surface area contributed by atoms with Crippen LogP contribution in [0.4, 0.5) is 8.78 Å². The molecule has 0 aromatic carbocycles. The number of nitrogens with zero attached hydrogens (tertiary/aromatic N) is 1. The van der Waals surface area contributed by atoms with Gasteiger partial charge in [0.15, 0.2) is 0 Å². The molecule has 1 aliphatic rings. The van der Waals surface area contributed by atoms with Crippen molar-refractivity contribution < 1.29 is 8.78 Å². The maximum atomic E-state index is 12.5. The normalized spacial score (nSPS) is 24.9. The molecule has 0 N–H and O–H groups in total. The molecule has 11 heavy (non-hydrogen) atoms. The standard InChI is InChI=1S/C7H11F2NO/c8-7(9)3-1-6(2-4-7)5-10-11/h6H,1-5H2. The van der Waals surface area contributed by atoms with E-state index in [1.165, 1.54) is 0 Å². The van der Waals surface area contributed by atoms with Crippen molar-refractivity contribution in [2.24, 2.45) is 11.1 Å². The van der Waals surface area contributed by atoms with E-state index in [0.717, 1.165) is 0 Å². The van der Waals surface area contributed by atoms with E-state index in [2.05, 4.69) is 5.18 Å². The van der Waals surface area contributed by atoms with Crippen LogP contribution in [-0.4, -0.2) is 12.5 Å². The zero-order valence-corrected chi connectivity index (χ0v) is 6.22. The van der Waals surface area contributed by atoms with Crippen molar-refractivity contribution in [1.82, 2.24) is 0 Å². The van der Waals surface area contributed by atoms with Crippen LogP contribution in [0.2, 0.25) is 0 Å². The molecule has 0 bridgehead atoms. The molecule has 0 saturated heterocycles. The summed E-state index contributed by atoms with van der Waals surface area (Å²) in [6.45, 7) is 0.204. The summed E-state index contributed by atoms with van der Waals surface area (Å²) in [6, 6.07) is 0. The molecular formula is C7H11F2NO. The van der Waals surface area contributed by atoms with Crippen LogP contribution in [0.3, 0.4) is 0 Å². The summed E-state index contributed by atoms with van der Waals surface area (Å²) in [5, 5.41) is 2.71. The molecule has 1 rings (SSSR count). The fourth-order valence-electron chi connectivity index (χ4n) is 1.39. The summed E-state index contributed by atoms with van der Waals surface area (Å²) in [5.41, 5.74) is 0. The molecule has 0 spiro atoms. The molecule has 0 atom stereocenters. The molecule has 1 fully saturated rings. The van der Waals surface area contributed by atoms with Gasteiger partial charge in [-0.05, 0) is 18.8 Å². The molecule has 1 saturated carbocycles. The highest BCUT2D eigenvalue weighted by molar-refractivity contribution is 4.78.